The van der Waals surface area contributed by atoms with E-state index in [0.717, 1.165) is 54.4 Å². The minimum absolute atomic E-state index is 0. The van der Waals surface area contributed by atoms with Gasteiger partial charge in [0.25, 0.3) is 0 Å². The van der Waals surface area contributed by atoms with Gasteiger partial charge in [0.2, 0.25) is 0 Å². The molecule has 0 N–H and O–H groups in total. The van der Waals surface area contributed by atoms with Gasteiger partial charge in [-0.25, -0.2) is 8.78 Å². The topological polar surface area (TPSA) is 0 Å². The van der Waals surface area contributed by atoms with Gasteiger partial charge in [-0.05, 0) is 94.4 Å². The second-order valence-corrected chi connectivity index (χ2v) is 21.9. The van der Waals surface area contributed by atoms with E-state index >= 15 is 0 Å². The maximum atomic E-state index is 11.8. The standard InChI is InChI=1S/C5H6F6.C5H9F3.C5H12.C4H6ClF3.C4H9Cl.C4H6F4.C4H7F3.C4H9F.C4H10.18CH4/c1-3(2,4(6,7)8)5(9,10)11;1-4(2,3)5(6,7)8;1-5(2,3)4;1-3(2,5)4(6,7)8;1-4(2,3)5;1-3(2,5)4(6,7)8;1-3(2)4(5,6)7;1-4(2,3)5;1-4(2)3;;;;;;;;;;;;;;;;;;/h1-2H3;1-3H3;1-4H3;1-2H3;1-3H3;1-2H3;3H,1-2H3;1-3H3;4H,1-3H3;18*1H4. The largest absolute Gasteiger partial charge is 0.421 e. The van der Waals surface area contributed by atoms with E-state index in [-0.39, 0.29) is 152 Å². The highest BCUT2D eigenvalue weighted by Crippen LogP contribution is 2.49. The molecule has 0 saturated carbocycles. The van der Waals surface area contributed by atoms with Crippen LogP contribution >= 0.6 is 23.2 Å². The molecule has 0 rings (SSSR count). The van der Waals surface area contributed by atoms with Crippen LogP contribution < -0.4 is 0 Å². The summed E-state index contributed by atoms with van der Waals surface area (Å²) in [5, 5.41) is 0. The zero-order valence-electron chi connectivity index (χ0n) is 40.0. The lowest BCUT2D eigenvalue weighted by molar-refractivity contribution is -0.327. The van der Waals surface area contributed by atoms with Crippen molar-refractivity contribution in [2.24, 2.45) is 28.1 Å². The van der Waals surface area contributed by atoms with Crippen LogP contribution in [0.2, 0.25) is 0 Å². The van der Waals surface area contributed by atoms with Crippen molar-refractivity contribution < 1.29 is 87.8 Å². The summed E-state index contributed by atoms with van der Waals surface area (Å²) < 4.78 is 229. The van der Waals surface area contributed by atoms with Crippen molar-refractivity contribution in [1.29, 1.82) is 0 Å². The van der Waals surface area contributed by atoms with Gasteiger partial charge in [-0.2, -0.15) is 79.0 Å². The Kier molecular flexibility index (Phi) is 146. The average molecular weight is 1280 g/mol. The van der Waals surface area contributed by atoms with Crippen molar-refractivity contribution in [2.45, 2.75) is 358 Å². The molecule has 0 amide bonds. The molecule has 0 unspecified atom stereocenters. The van der Waals surface area contributed by atoms with E-state index in [0.29, 0.717) is 19.3 Å². The second kappa shape index (κ2) is 64.7. The molecule has 22 heteroatoms. The third-order valence-corrected chi connectivity index (χ3v) is 4.48. The Morgan fingerprint density at radius 1 is 0.266 bits per heavy atom. The minimum Gasteiger partial charge on any atom is -0.245 e. The van der Waals surface area contributed by atoms with E-state index in [9.17, 15) is 87.8 Å². The molecule has 0 bridgehead atoms. The molecule has 0 nitrogen and oxygen atoms in total. The van der Waals surface area contributed by atoms with Crippen molar-refractivity contribution in [3.8, 4) is 0 Å². The first-order valence-corrected chi connectivity index (χ1v) is 18.8. The fourth-order valence-electron chi connectivity index (χ4n) is 0.161. The van der Waals surface area contributed by atoms with E-state index < -0.39 is 70.0 Å². The van der Waals surface area contributed by atoms with Gasteiger partial charge in [0.05, 0.1) is 5.41 Å². The Balaban J connectivity index is -0.0000000151. The summed E-state index contributed by atoms with van der Waals surface area (Å²) in [5.41, 5.74) is -8.75. The molecule has 0 aliphatic carbocycles. The van der Waals surface area contributed by atoms with Gasteiger partial charge in [-0.1, -0.05) is 217 Å². The normalized spacial score (nSPS) is 10.3. The Labute approximate surface area is 495 Å². The molecule has 0 saturated heterocycles. The molecule has 79 heavy (non-hydrogen) atoms. The van der Waals surface area contributed by atoms with E-state index in [1.54, 1.807) is 0 Å². The van der Waals surface area contributed by atoms with Crippen molar-refractivity contribution in [3.63, 3.8) is 0 Å². The lowest BCUT2D eigenvalue weighted by atomic mass is 9.92. The van der Waals surface area contributed by atoms with Crippen LogP contribution in [-0.4, -0.2) is 58.1 Å². The Bertz CT molecular complexity index is 871. The monoisotopic (exact) mass is 1280 g/mol. The molecule has 0 aromatic rings. The van der Waals surface area contributed by atoms with Crippen LogP contribution in [0.25, 0.3) is 0 Å². The van der Waals surface area contributed by atoms with E-state index in [2.05, 4.69) is 48.5 Å². The molecule has 0 radical (unpaired) electrons. The van der Waals surface area contributed by atoms with Gasteiger partial charge < -0.3 is 0 Å². The SMILES string of the molecule is C.C.C.C.C.C.C.C.C.C.C.C.C.C.C.C.C.C.CC(C)(C(F)(F)F)C(F)(F)F.CC(C)(C)C.CC(C)(C)C(F)(F)F.CC(C)(C)Cl.CC(C)(C)F.CC(C)(Cl)C(F)(F)F.CC(C)(F)C(F)(F)F.CC(C)C.CC(C)C(F)(F)F. The van der Waals surface area contributed by atoms with Crippen molar-refractivity contribution in [2.75, 3.05) is 0 Å². The summed E-state index contributed by atoms with van der Waals surface area (Å²) in [6.45, 7) is 34.3. The van der Waals surface area contributed by atoms with Gasteiger partial charge in [0.1, 0.15) is 10.5 Å². The average Bonchev–Trinajstić information content (AvgIpc) is 2.76. The maximum Gasteiger partial charge on any atom is 0.421 e. The first-order chi connectivity index (χ1) is 24.9. The quantitative estimate of drug-likeness (QED) is 0.168. The molecule has 528 valence electrons. The molecular formula is C57H146Cl2F20. The molecule has 0 aromatic carbocycles. The van der Waals surface area contributed by atoms with Gasteiger partial charge in [-0.3, -0.25) is 0 Å². The number of rotatable bonds is 0. The Hall–Kier alpha value is -0.820. The molecule has 0 fully saturated rings. The number of hydrogen-bond donors (Lipinski definition) is 0. The lowest BCUT2D eigenvalue weighted by Crippen LogP contribution is -2.44. The van der Waals surface area contributed by atoms with E-state index in [4.69, 9.17) is 23.2 Å². The van der Waals surface area contributed by atoms with E-state index in [1.165, 1.54) is 20.8 Å². The van der Waals surface area contributed by atoms with Gasteiger partial charge in [0, 0.05) is 10.8 Å². The zero-order valence-corrected chi connectivity index (χ0v) is 41.5. The predicted octanol–water partition coefficient (Wildman–Crippen LogP) is 31.7. The molecule has 0 heterocycles. The van der Waals surface area contributed by atoms with Gasteiger partial charge >= 0.3 is 37.1 Å². The molecule has 0 atom stereocenters. The highest BCUT2D eigenvalue weighted by molar-refractivity contribution is 6.24. The van der Waals surface area contributed by atoms with Crippen LogP contribution in [0, 0.1) is 28.1 Å². The van der Waals surface area contributed by atoms with Gasteiger partial charge in [0.15, 0.2) is 11.1 Å². The van der Waals surface area contributed by atoms with Crippen LogP contribution in [0.15, 0.2) is 0 Å². The second-order valence-electron chi connectivity index (χ2n) is 19.9. The highest BCUT2D eigenvalue weighted by atomic mass is 35.5. The fraction of sp³-hybridized carbons (Fsp3) is 1.00. The molecule has 0 aliphatic heterocycles. The minimum atomic E-state index is -5.24. The van der Waals surface area contributed by atoms with Crippen LogP contribution in [0.4, 0.5) is 87.8 Å². The van der Waals surface area contributed by atoms with Crippen LogP contribution in [-0.2, 0) is 0 Å². The van der Waals surface area contributed by atoms with Crippen LogP contribution in [0.3, 0.4) is 0 Å². The third-order valence-electron chi connectivity index (χ3n) is 4.27. The smallest absolute Gasteiger partial charge is 0.245 e. The predicted molar refractivity (Wildman–Crippen MR) is 333 cm³/mol. The molecule has 0 spiro atoms. The molecule has 0 aliphatic rings. The summed E-state index contributed by atoms with van der Waals surface area (Å²) in [6.07, 6.45) is -27.6. The first-order valence-electron chi connectivity index (χ1n) is 18.1. The van der Waals surface area contributed by atoms with Crippen LogP contribution in [0.5, 0.6) is 0 Å². The summed E-state index contributed by atoms with van der Waals surface area (Å²) in [7, 11) is 0. The summed E-state index contributed by atoms with van der Waals surface area (Å²) in [4.78, 5) is -2.12. The van der Waals surface area contributed by atoms with Crippen molar-refractivity contribution in [3.05, 3.63) is 0 Å². The summed E-state index contributed by atoms with van der Waals surface area (Å²) in [5.74, 6) is -0.368. The Morgan fingerprint density at radius 2 is 0.342 bits per heavy atom. The highest BCUT2D eigenvalue weighted by Gasteiger charge is 2.64. The maximum absolute atomic E-state index is 11.8. The fourth-order valence-corrected chi connectivity index (χ4v) is 0.161. The zero-order chi connectivity index (χ0) is 53.7. The van der Waals surface area contributed by atoms with Gasteiger partial charge in [-0.15, -0.1) is 23.2 Å². The lowest BCUT2D eigenvalue weighted by Gasteiger charge is -2.29. The number of halogens is 22. The third kappa shape index (κ3) is 173. The Morgan fingerprint density at radius 3 is 0.342 bits per heavy atom. The van der Waals surface area contributed by atoms with Crippen molar-refractivity contribution in [1.82, 2.24) is 0 Å². The van der Waals surface area contributed by atoms with Crippen molar-refractivity contribution >= 4 is 23.2 Å². The number of alkyl halides is 22. The summed E-state index contributed by atoms with van der Waals surface area (Å²) in [6, 6.07) is 0. The van der Waals surface area contributed by atoms with Crippen LogP contribution in [0.1, 0.15) is 300 Å². The molecule has 0 aromatic heterocycles. The molecular weight excluding hydrogens is 1140 g/mol. The summed E-state index contributed by atoms with van der Waals surface area (Å²) >= 11 is 10.4. The number of hydrogen-bond acceptors (Lipinski definition) is 0. The first kappa shape index (κ1) is 178. The van der Waals surface area contributed by atoms with E-state index in [1.807, 2.05) is 20.8 Å².